The highest BCUT2D eigenvalue weighted by molar-refractivity contribution is 14.1. The molecule has 0 unspecified atom stereocenters. The quantitative estimate of drug-likeness (QED) is 0.0523. The minimum Gasteiger partial charge on any atom is -0.491 e. The van der Waals surface area contributed by atoms with Crippen molar-refractivity contribution in [1.29, 1.82) is 0 Å². The Balaban J connectivity index is 1.30. The molecule has 44 heavy (non-hydrogen) atoms. The Hall–Kier alpha value is -3.16. The summed E-state index contributed by atoms with van der Waals surface area (Å²) >= 11 is 2.32. The minimum atomic E-state index is 0.444. The number of hydrogen-bond donors (Lipinski definition) is 0. The zero-order valence-electron chi connectivity index (χ0n) is 25.4. The molecule has 0 aliphatic carbocycles. The van der Waals surface area contributed by atoms with Gasteiger partial charge in [-0.15, -0.1) is 13.2 Å². The van der Waals surface area contributed by atoms with E-state index in [1.165, 1.54) is 0 Å². The molecule has 2 aromatic carbocycles. The van der Waals surface area contributed by atoms with Gasteiger partial charge in [-0.25, -0.2) is 0 Å². The highest BCUT2D eigenvalue weighted by Gasteiger charge is 2.15. The van der Waals surface area contributed by atoms with Gasteiger partial charge in [-0.3, -0.25) is 0 Å². The molecule has 3 rings (SSSR count). The van der Waals surface area contributed by atoms with Gasteiger partial charge in [0, 0.05) is 15.7 Å². The maximum absolute atomic E-state index is 5.90. The predicted octanol–water partition coefficient (Wildman–Crippen LogP) is 5.47. The zero-order valence-corrected chi connectivity index (χ0v) is 27.6. The van der Waals surface area contributed by atoms with Crippen molar-refractivity contribution < 1.29 is 42.5 Å². The lowest BCUT2D eigenvalue weighted by Crippen LogP contribution is -2.39. The van der Waals surface area contributed by atoms with Crippen LogP contribution in [0.1, 0.15) is 11.4 Å². The van der Waals surface area contributed by atoms with Crippen molar-refractivity contribution in [3.8, 4) is 23.0 Å². The number of rotatable bonds is 24. The lowest BCUT2D eigenvalue weighted by molar-refractivity contribution is -0.690. The molecule has 0 aliphatic rings. The molecule has 0 aliphatic heterocycles. The standard InChI is InChI=1S/C34H43INO8/c1-4-14-37-16-20-41-31-6-10-33(11-7-31)43-22-18-39-26-29-24-28(35)25-30(36(29)3)27-40-19-23-44-34-12-8-32(9-13-34)42-21-17-38-15-5-2/h4-13,24-25H,1-2,14-23,26-27H2,3H3/q+1. The third kappa shape index (κ3) is 14.1. The molecule has 238 valence electrons. The number of halogens is 1. The molecule has 0 atom stereocenters. The summed E-state index contributed by atoms with van der Waals surface area (Å²) < 4.78 is 48.5. The predicted molar refractivity (Wildman–Crippen MR) is 177 cm³/mol. The Morgan fingerprint density at radius 2 is 0.864 bits per heavy atom. The molecule has 0 radical (unpaired) electrons. The summed E-state index contributed by atoms with van der Waals surface area (Å²) in [5, 5.41) is 0. The van der Waals surface area contributed by atoms with Crippen LogP contribution in [0.25, 0.3) is 0 Å². The van der Waals surface area contributed by atoms with Gasteiger partial charge in [0.25, 0.3) is 0 Å². The average molecular weight is 721 g/mol. The molecule has 1 heterocycles. The normalized spacial score (nSPS) is 10.8. The third-order valence-corrected chi connectivity index (χ3v) is 6.70. The summed E-state index contributed by atoms with van der Waals surface area (Å²) in [5.74, 6) is 3.07. The first-order chi connectivity index (χ1) is 21.6. The van der Waals surface area contributed by atoms with Crippen molar-refractivity contribution in [2.24, 2.45) is 7.05 Å². The van der Waals surface area contributed by atoms with Crippen molar-refractivity contribution in [3.05, 3.63) is 101 Å². The average Bonchev–Trinajstić information content (AvgIpc) is 3.03. The van der Waals surface area contributed by atoms with E-state index in [-0.39, 0.29) is 0 Å². The van der Waals surface area contributed by atoms with Gasteiger partial charge in [-0.1, -0.05) is 12.2 Å². The number of ether oxygens (including phenoxy) is 8. The highest BCUT2D eigenvalue weighted by atomic mass is 127. The van der Waals surface area contributed by atoms with E-state index in [0.717, 1.165) is 38.0 Å². The summed E-state index contributed by atoms with van der Waals surface area (Å²) in [6, 6.07) is 19.3. The van der Waals surface area contributed by atoms with Gasteiger partial charge < -0.3 is 37.9 Å². The first kappa shape index (κ1) is 35.3. The molecule has 0 saturated heterocycles. The van der Waals surface area contributed by atoms with Crippen LogP contribution in [-0.2, 0) is 39.2 Å². The van der Waals surface area contributed by atoms with Crippen LogP contribution in [0.4, 0.5) is 0 Å². The second kappa shape index (κ2) is 21.5. The van der Waals surface area contributed by atoms with E-state index in [0.29, 0.717) is 79.3 Å². The lowest BCUT2D eigenvalue weighted by Gasteiger charge is -2.11. The Kier molecular flexibility index (Phi) is 17.3. The Morgan fingerprint density at radius 1 is 0.545 bits per heavy atom. The maximum atomic E-state index is 5.90. The van der Waals surface area contributed by atoms with E-state index in [4.69, 9.17) is 37.9 Å². The molecule has 0 amide bonds. The van der Waals surface area contributed by atoms with Crippen LogP contribution in [0.3, 0.4) is 0 Å². The summed E-state index contributed by atoms with van der Waals surface area (Å²) in [6.07, 6.45) is 3.43. The molecular formula is C34H43INO8+. The van der Waals surface area contributed by atoms with Crippen LogP contribution in [0.2, 0.25) is 0 Å². The highest BCUT2D eigenvalue weighted by Crippen LogP contribution is 2.19. The minimum absolute atomic E-state index is 0.444. The fraction of sp³-hybridized carbons (Fsp3) is 0.382. The molecule has 10 heteroatoms. The molecular weight excluding hydrogens is 677 g/mol. The summed E-state index contributed by atoms with van der Waals surface area (Å²) in [6.45, 7) is 13.0. The van der Waals surface area contributed by atoms with E-state index >= 15 is 0 Å². The van der Waals surface area contributed by atoms with E-state index in [9.17, 15) is 0 Å². The van der Waals surface area contributed by atoms with Gasteiger partial charge in [0.1, 0.15) is 69.7 Å². The largest absolute Gasteiger partial charge is 0.491 e. The molecule has 0 N–H and O–H groups in total. The van der Waals surface area contributed by atoms with Gasteiger partial charge >= 0.3 is 0 Å². The SMILES string of the molecule is C=CCOCCOc1ccc(OCCOCc2cc(I)cc(COCCOc3ccc(OCCOCC=C)cc3)[n+]2C)cc1. The molecule has 0 bridgehead atoms. The molecule has 1 aromatic heterocycles. The van der Waals surface area contributed by atoms with Crippen molar-refractivity contribution in [2.75, 3.05) is 66.1 Å². The first-order valence-electron chi connectivity index (χ1n) is 14.5. The van der Waals surface area contributed by atoms with E-state index in [2.05, 4.69) is 52.4 Å². The van der Waals surface area contributed by atoms with Crippen LogP contribution in [0, 0.1) is 3.57 Å². The smallest absolute Gasteiger partial charge is 0.208 e. The number of hydrogen-bond acceptors (Lipinski definition) is 8. The van der Waals surface area contributed by atoms with E-state index in [1.54, 1.807) is 12.2 Å². The molecule has 0 fully saturated rings. The zero-order chi connectivity index (χ0) is 31.2. The van der Waals surface area contributed by atoms with Gasteiger partial charge in [0.05, 0.1) is 39.6 Å². The molecule has 9 nitrogen and oxygen atoms in total. The second-order valence-corrected chi connectivity index (χ2v) is 10.6. The number of pyridine rings is 1. The van der Waals surface area contributed by atoms with Crippen LogP contribution in [-0.4, -0.2) is 66.1 Å². The Morgan fingerprint density at radius 3 is 1.18 bits per heavy atom. The Labute approximate surface area is 274 Å². The first-order valence-corrected chi connectivity index (χ1v) is 15.6. The Bertz CT molecular complexity index is 1140. The van der Waals surface area contributed by atoms with Crippen molar-refractivity contribution in [2.45, 2.75) is 13.2 Å². The van der Waals surface area contributed by atoms with E-state index in [1.807, 2.05) is 55.6 Å². The third-order valence-electron chi connectivity index (χ3n) is 6.07. The number of nitrogens with zero attached hydrogens (tertiary/aromatic N) is 1. The van der Waals surface area contributed by atoms with Crippen molar-refractivity contribution >= 4 is 22.6 Å². The van der Waals surface area contributed by atoms with Crippen LogP contribution in [0.15, 0.2) is 86.0 Å². The summed E-state index contributed by atoms with van der Waals surface area (Å²) in [4.78, 5) is 0. The van der Waals surface area contributed by atoms with Crippen LogP contribution < -0.4 is 23.5 Å². The van der Waals surface area contributed by atoms with Gasteiger partial charge in [0.15, 0.2) is 0 Å². The second-order valence-electron chi connectivity index (χ2n) is 9.38. The fourth-order valence-electron chi connectivity index (χ4n) is 3.84. The fourth-order valence-corrected chi connectivity index (χ4v) is 4.56. The summed E-state index contributed by atoms with van der Waals surface area (Å²) in [7, 11) is 2.02. The van der Waals surface area contributed by atoms with Gasteiger partial charge in [-0.05, 0) is 71.1 Å². The molecule has 3 aromatic rings. The topological polar surface area (TPSA) is 77.7 Å². The van der Waals surface area contributed by atoms with Gasteiger partial charge in [-0.2, -0.15) is 4.57 Å². The van der Waals surface area contributed by atoms with Crippen molar-refractivity contribution in [3.63, 3.8) is 0 Å². The van der Waals surface area contributed by atoms with Crippen molar-refractivity contribution in [1.82, 2.24) is 0 Å². The lowest BCUT2D eigenvalue weighted by atomic mass is 10.3. The monoisotopic (exact) mass is 720 g/mol. The molecule has 0 spiro atoms. The summed E-state index contributed by atoms with van der Waals surface area (Å²) in [5.41, 5.74) is 2.11. The van der Waals surface area contributed by atoms with Gasteiger partial charge in [0.2, 0.25) is 11.4 Å². The van der Waals surface area contributed by atoms with Crippen LogP contribution in [0.5, 0.6) is 23.0 Å². The number of benzene rings is 2. The molecule has 0 saturated carbocycles. The van der Waals surface area contributed by atoms with Crippen LogP contribution >= 0.6 is 22.6 Å². The maximum Gasteiger partial charge on any atom is 0.208 e. The van der Waals surface area contributed by atoms with E-state index < -0.39 is 0 Å². The number of aromatic nitrogens is 1.